The largest absolute Gasteiger partial charge is 0.465 e. The average Bonchev–Trinajstić information content (AvgIpc) is 2.88. The zero-order valence-corrected chi connectivity index (χ0v) is 13.4. The highest BCUT2D eigenvalue weighted by Crippen LogP contribution is 2.17. The van der Waals surface area contributed by atoms with Gasteiger partial charge < -0.3 is 25.2 Å². The van der Waals surface area contributed by atoms with Gasteiger partial charge in [-0.25, -0.2) is 4.79 Å². The van der Waals surface area contributed by atoms with Gasteiger partial charge in [0, 0.05) is 19.2 Å². The van der Waals surface area contributed by atoms with Crippen LogP contribution in [0.2, 0.25) is 0 Å². The summed E-state index contributed by atoms with van der Waals surface area (Å²) in [7, 11) is 1.55. The number of nitrogens with one attached hydrogen (secondary N) is 2. The van der Waals surface area contributed by atoms with Crippen LogP contribution in [0.15, 0.2) is 11.6 Å². The highest BCUT2D eigenvalue weighted by Gasteiger charge is 2.30. The lowest BCUT2D eigenvalue weighted by molar-refractivity contribution is -0.125. The fourth-order valence-electron chi connectivity index (χ4n) is 2.33. The van der Waals surface area contributed by atoms with Crippen LogP contribution >= 0.6 is 0 Å². The van der Waals surface area contributed by atoms with Crippen LogP contribution in [-0.2, 0) is 14.3 Å². The van der Waals surface area contributed by atoms with Crippen molar-refractivity contribution in [2.24, 2.45) is 5.92 Å². The maximum atomic E-state index is 12.4. The monoisotopic (exact) mass is 314 g/mol. The first-order valence-electron chi connectivity index (χ1n) is 7.55. The predicted octanol–water partition coefficient (Wildman–Crippen LogP) is 1.49. The Balaban J connectivity index is 2.59. The number of carbonyl (C=O) groups excluding carboxylic acids is 1. The van der Waals surface area contributed by atoms with Crippen molar-refractivity contribution in [1.82, 2.24) is 10.6 Å². The average molecular weight is 314 g/mol. The molecule has 2 amide bonds. The summed E-state index contributed by atoms with van der Waals surface area (Å²) in [5.41, 5.74) is 0.670. The van der Waals surface area contributed by atoms with Crippen LogP contribution in [0.5, 0.6) is 0 Å². The Kier molecular flexibility index (Phi) is 7.90. The van der Waals surface area contributed by atoms with Gasteiger partial charge in [0.1, 0.15) is 0 Å². The van der Waals surface area contributed by atoms with Crippen LogP contribution in [0.3, 0.4) is 0 Å². The minimum Gasteiger partial charge on any atom is -0.465 e. The van der Waals surface area contributed by atoms with Crippen LogP contribution in [0.4, 0.5) is 4.79 Å². The maximum absolute atomic E-state index is 12.4. The number of rotatable bonds is 8. The number of methoxy groups -OCH3 is 1. The van der Waals surface area contributed by atoms with Crippen LogP contribution < -0.4 is 10.6 Å². The van der Waals surface area contributed by atoms with Gasteiger partial charge in [-0.1, -0.05) is 19.9 Å². The van der Waals surface area contributed by atoms with Gasteiger partial charge in [-0.2, -0.15) is 0 Å². The first-order chi connectivity index (χ1) is 10.4. The second-order valence-electron chi connectivity index (χ2n) is 5.69. The SMILES string of the molecule is COC1OCC[C@@H]1NC(=O)C(=CCCNC(=O)O)CC(C)C. The van der Waals surface area contributed by atoms with E-state index in [-0.39, 0.29) is 18.5 Å². The van der Waals surface area contributed by atoms with E-state index in [1.807, 2.05) is 13.8 Å². The Morgan fingerprint density at radius 1 is 1.45 bits per heavy atom. The summed E-state index contributed by atoms with van der Waals surface area (Å²) in [6, 6.07) is -0.148. The molecule has 1 aliphatic heterocycles. The van der Waals surface area contributed by atoms with Gasteiger partial charge >= 0.3 is 6.09 Å². The molecule has 0 aromatic carbocycles. The number of hydrogen-bond acceptors (Lipinski definition) is 4. The minimum atomic E-state index is -1.06. The molecule has 22 heavy (non-hydrogen) atoms. The quantitative estimate of drug-likeness (QED) is 0.466. The molecule has 1 aliphatic rings. The lowest BCUT2D eigenvalue weighted by atomic mass is 10.0. The van der Waals surface area contributed by atoms with E-state index in [1.54, 1.807) is 13.2 Å². The smallest absolute Gasteiger partial charge is 0.404 e. The van der Waals surface area contributed by atoms with Crippen molar-refractivity contribution in [2.75, 3.05) is 20.3 Å². The van der Waals surface area contributed by atoms with Crippen LogP contribution in [0, 0.1) is 5.92 Å². The van der Waals surface area contributed by atoms with Gasteiger partial charge in [0.05, 0.1) is 12.6 Å². The van der Waals surface area contributed by atoms with Crippen molar-refractivity contribution >= 4 is 12.0 Å². The molecule has 7 heteroatoms. The lowest BCUT2D eigenvalue weighted by Crippen LogP contribution is -2.42. The van der Waals surface area contributed by atoms with Crippen LogP contribution in [0.25, 0.3) is 0 Å². The summed E-state index contributed by atoms with van der Waals surface area (Å²) in [4.78, 5) is 22.8. The van der Waals surface area contributed by atoms with Gasteiger partial charge in [0.2, 0.25) is 5.91 Å². The summed E-state index contributed by atoms with van der Waals surface area (Å²) < 4.78 is 10.5. The number of carboxylic acid groups (broad SMARTS) is 1. The van der Waals surface area contributed by atoms with Gasteiger partial charge in [-0.05, 0) is 25.2 Å². The molecule has 0 radical (unpaired) electrons. The molecule has 1 saturated heterocycles. The third-order valence-corrected chi connectivity index (χ3v) is 3.32. The van der Waals surface area contributed by atoms with E-state index in [1.165, 1.54) is 0 Å². The molecule has 7 nitrogen and oxygen atoms in total. The molecule has 3 N–H and O–H groups in total. The first kappa shape index (κ1) is 18.4. The first-order valence-corrected chi connectivity index (χ1v) is 7.55. The summed E-state index contributed by atoms with van der Waals surface area (Å²) >= 11 is 0. The summed E-state index contributed by atoms with van der Waals surface area (Å²) in [6.07, 6.45) is 2.18. The van der Waals surface area contributed by atoms with Crippen molar-refractivity contribution in [3.05, 3.63) is 11.6 Å². The van der Waals surface area contributed by atoms with E-state index in [0.29, 0.717) is 30.9 Å². The highest BCUT2D eigenvalue weighted by atomic mass is 16.7. The molecule has 1 fully saturated rings. The molecule has 0 bridgehead atoms. The summed E-state index contributed by atoms with van der Waals surface area (Å²) in [6.45, 7) is 4.92. The zero-order chi connectivity index (χ0) is 16.5. The normalized spacial score (nSPS) is 21.9. The van der Waals surface area contributed by atoms with Crippen LogP contribution in [-0.4, -0.2) is 49.7 Å². The van der Waals surface area contributed by atoms with Gasteiger partial charge in [-0.3, -0.25) is 4.79 Å². The number of amides is 2. The Bertz CT molecular complexity index is 409. The van der Waals surface area contributed by atoms with Gasteiger partial charge in [-0.15, -0.1) is 0 Å². The molecular weight excluding hydrogens is 288 g/mol. The molecule has 1 rings (SSSR count). The molecule has 0 saturated carbocycles. The standard InChI is InChI=1S/C15H26N2O5/c1-10(2)9-11(5-4-7-16-15(19)20)13(18)17-12-6-8-22-14(12)21-3/h5,10,12,14,16H,4,6-9H2,1-3H3,(H,17,18)(H,19,20)/t12-,14?/m0/s1. The molecule has 0 aromatic heterocycles. The fraction of sp³-hybridized carbons (Fsp3) is 0.733. The minimum absolute atomic E-state index is 0.137. The van der Waals surface area contributed by atoms with Crippen molar-refractivity contribution in [2.45, 2.75) is 45.4 Å². The van der Waals surface area contributed by atoms with E-state index in [2.05, 4.69) is 10.6 Å². The predicted molar refractivity (Wildman–Crippen MR) is 81.5 cm³/mol. The molecular formula is C15H26N2O5. The maximum Gasteiger partial charge on any atom is 0.404 e. The molecule has 2 atom stereocenters. The third kappa shape index (κ3) is 6.44. The van der Waals surface area contributed by atoms with E-state index < -0.39 is 12.4 Å². The molecule has 1 heterocycles. The van der Waals surface area contributed by atoms with Gasteiger partial charge in [0.25, 0.3) is 0 Å². The lowest BCUT2D eigenvalue weighted by Gasteiger charge is -2.20. The topological polar surface area (TPSA) is 96.9 Å². The Morgan fingerprint density at radius 3 is 2.77 bits per heavy atom. The fourth-order valence-corrected chi connectivity index (χ4v) is 2.33. The second-order valence-corrected chi connectivity index (χ2v) is 5.69. The zero-order valence-electron chi connectivity index (χ0n) is 13.4. The molecule has 0 aromatic rings. The van der Waals surface area contributed by atoms with Crippen molar-refractivity contribution in [3.8, 4) is 0 Å². The van der Waals surface area contributed by atoms with E-state index in [4.69, 9.17) is 14.6 Å². The van der Waals surface area contributed by atoms with E-state index in [0.717, 1.165) is 6.42 Å². The van der Waals surface area contributed by atoms with Crippen molar-refractivity contribution in [1.29, 1.82) is 0 Å². The molecule has 0 spiro atoms. The summed E-state index contributed by atoms with van der Waals surface area (Å²) in [5, 5.41) is 13.8. The van der Waals surface area contributed by atoms with Crippen molar-refractivity contribution in [3.63, 3.8) is 0 Å². The Morgan fingerprint density at radius 2 is 2.18 bits per heavy atom. The summed E-state index contributed by atoms with van der Waals surface area (Å²) in [5.74, 6) is 0.198. The van der Waals surface area contributed by atoms with E-state index in [9.17, 15) is 9.59 Å². The molecule has 0 aliphatic carbocycles. The van der Waals surface area contributed by atoms with Crippen LogP contribution in [0.1, 0.15) is 33.1 Å². The third-order valence-electron chi connectivity index (χ3n) is 3.32. The Hall–Kier alpha value is -1.60. The van der Waals surface area contributed by atoms with Crippen molar-refractivity contribution < 1.29 is 24.2 Å². The highest BCUT2D eigenvalue weighted by molar-refractivity contribution is 5.93. The molecule has 126 valence electrons. The van der Waals surface area contributed by atoms with E-state index >= 15 is 0 Å². The second kappa shape index (κ2) is 9.42. The number of hydrogen-bond donors (Lipinski definition) is 3. The molecule has 1 unspecified atom stereocenters. The Labute approximate surface area is 131 Å². The number of ether oxygens (including phenoxy) is 2. The van der Waals surface area contributed by atoms with Gasteiger partial charge in [0.15, 0.2) is 6.29 Å². The number of carbonyl (C=O) groups is 2.